The Morgan fingerprint density at radius 1 is 1.11 bits per heavy atom. The Morgan fingerprint density at radius 2 is 1.68 bits per heavy atom. The summed E-state index contributed by atoms with van der Waals surface area (Å²) < 4.78 is 0. The SMILES string of the molecule is Cc1nc(CC(C)(C)C)nc(C)c1CCNC1CC1. The molecule has 1 saturated carbocycles. The second kappa shape index (κ2) is 5.58. The third-order valence-corrected chi connectivity index (χ3v) is 3.54. The van der Waals surface area contributed by atoms with E-state index in [0.29, 0.717) is 0 Å². The number of hydrogen-bond acceptors (Lipinski definition) is 3. The topological polar surface area (TPSA) is 37.8 Å². The summed E-state index contributed by atoms with van der Waals surface area (Å²) in [5.41, 5.74) is 3.88. The van der Waals surface area contributed by atoms with Crippen LogP contribution in [0.25, 0.3) is 0 Å². The fourth-order valence-electron chi connectivity index (χ4n) is 2.41. The minimum absolute atomic E-state index is 0.244. The lowest BCUT2D eigenvalue weighted by Gasteiger charge is -2.18. The van der Waals surface area contributed by atoms with Gasteiger partial charge in [0.2, 0.25) is 0 Å². The van der Waals surface area contributed by atoms with Crippen LogP contribution in [0.15, 0.2) is 0 Å². The molecule has 0 radical (unpaired) electrons. The van der Waals surface area contributed by atoms with Crippen molar-refractivity contribution in [3.05, 3.63) is 22.8 Å². The van der Waals surface area contributed by atoms with Crippen molar-refractivity contribution in [2.24, 2.45) is 5.41 Å². The summed E-state index contributed by atoms with van der Waals surface area (Å²) in [7, 11) is 0. The lowest BCUT2D eigenvalue weighted by atomic mass is 9.92. The Hall–Kier alpha value is -0.960. The largest absolute Gasteiger partial charge is 0.314 e. The van der Waals surface area contributed by atoms with Crippen LogP contribution in [0.1, 0.15) is 56.4 Å². The van der Waals surface area contributed by atoms with Crippen molar-refractivity contribution in [3.63, 3.8) is 0 Å². The van der Waals surface area contributed by atoms with Crippen molar-refractivity contribution >= 4 is 0 Å². The van der Waals surface area contributed by atoms with E-state index in [1.54, 1.807) is 0 Å². The quantitative estimate of drug-likeness (QED) is 0.885. The van der Waals surface area contributed by atoms with Crippen molar-refractivity contribution in [1.82, 2.24) is 15.3 Å². The van der Waals surface area contributed by atoms with Gasteiger partial charge in [0.25, 0.3) is 0 Å². The number of rotatable bonds is 5. The van der Waals surface area contributed by atoms with Gasteiger partial charge in [0, 0.05) is 23.9 Å². The maximum Gasteiger partial charge on any atom is 0.129 e. The first-order chi connectivity index (χ1) is 8.85. The molecule has 0 atom stereocenters. The summed E-state index contributed by atoms with van der Waals surface area (Å²) in [4.78, 5) is 9.39. The van der Waals surface area contributed by atoms with Gasteiger partial charge in [-0.15, -0.1) is 0 Å². The Labute approximate surface area is 117 Å². The second-order valence-electron chi connectivity index (χ2n) is 7.01. The molecule has 0 unspecified atom stereocenters. The lowest BCUT2D eigenvalue weighted by molar-refractivity contribution is 0.399. The third-order valence-electron chi connectivity index (χ3n) is 3.54. The summed E-state index contributed by atoms with van der Waals surface area (Å²) in [6.45, 7) is 12.0. The first kappa shape index (κ1) is 14.4. The van der Waals surface area contributed by atoms with Crippen molar-refractivity contribution in [1.29, 1.82) is 0 Å². The summed E-state index contributed by atoms with van der Waals surface area (Å²) in [6.07, 6.45) is 4.68. The van der Waals surface area contributed by atoms with Gasteiger partial charge in [-0.3, -0.25) is 0 Å². The predicted octanol–water partition coefficient (Wildman–Crippen LogP) is 2.98. The first-order valence-electron chi connectivity index (χ1n) is 7.41. The first-order valence-corrected chi connectivity index (χ1v) is 7.41. The molecule has 0 aliphatic heterocycles. The van der Waals surface area contributed by atoms with Gasteiger partial charge in [-0.05, 0) is 50.6 Å². The van der Waals surface area contributed by atoms with Gasteiger partial charge in [0.15, 0.2) is 0 Å². The van der Waals surface area contributed by atoms with Crippen LogP contribution in [0.3, 0.4) is 0 Å². The molecule has 1 aromatic heterocycles. The summed E-state index contributed by atoms with van der Waals surface area (Å²) >= 11 is 0. The average molecular weight is 261 g/mol. The highest BCUT2D eigenvalue weighted by molar-refractivity contribution is 5.25. The Bertz CT molecular complexity index is 419. The van der Waals surface area contributed by atoms with Crippen molar-refractivity contribution in [2.45, 2.75) is 66.3 Å². The number of aryl methyl sites for hydroxylation is 2. The summed E-state index contributed by atoms with van der Waals surface area (Å²) in [5.74, 6) is 0.987. The van der Waals surface area contributed by atoms with E-state index in [4.69, 9.17) is 9.97 Å². The highest BCUT2D eigenvalue weighted by atomic mass is 14.9. The molecule has 1 fully saturated rings. The van der Waals surface area contributed by atoms with Crippen LogP contribution in [0, 0.1) is 19.3 Å². The monoisotopic (exact) mass is 261 g/mol. The van der Waals surface area contributed by atoms with Crippen LogP contribution >= 0.6 is 0 Å². The van der Waals surface area contributed by atoms with E-state index in [1.807, 2.05) is 0 Å². The van der Waals surface area contributed by atoms with Crippen LogP contribution in [0.5, 0.6) is 0 Å². The molecule has 0 amide bonds. The molecule has 0 saturated heterocycles. The number of nitrogens with zero attached hydrogens (tertiary/aromatic N) is 2. The van der Waals surface area contributed by atoms with E-state index in [9.17, 15) is 0 Å². The maximum absolute atomic E-state index is 4.69. The molecule has 0 spiro atoms. The van der Waals surface area contributed by atoms with Crippen molar-refractivity contribution < 1.29 is 0 Å². The molecule has 3 nitrogen and oxygen atoms in total. The molecule has 1 heterocycles. The van der Waals surface area contributed by atoms with Crippen LogP contribution in [0.4, 0.5) is 0 Å². The van der Waals surface area contributed by atoms with Crippen molar-refractivity contribution in [2.75, 3.05) is 6.54 Å². The fourth-order valence-corrected chi connectivity index (χ4v) is 2.41. The molecule has 0 bridgehead atoms. The van der Waals surface area contributed by atoms with Gasteiger partial charge in [0.05, 0.1) is 0 Å². The molecule has 1 aliphatic carbocycles. The molecule has 1 aromatic rings. The Morgan fingerprint density at radius 3 is 2.16 bits per heavy atom. The molecule has 3 heteroatoms. The Kier molecular flexibility index (Phi) is 4.24. The highest BCUT2D eigenvalue weighted by Crippen LogP contribution is 2.21. The van der Waals surface area contributed by atoms with E-state index in [2.05, 4.69) is 39.9 Å². The van der Waals surface area contributed by atoms with E-state index in [1.165, 1.54) is 18.4 Å². The van der Waals surface area contributed by atoms with Crippen LogP contribution in [0.2, 0.25) is 0 Å². The molecule has 1 N–H and O–H groups in total. The minimum atomic E-state index is 0.244. The van der Waals surface area contributed by atoms with Gasteiger partial charge < -0.3 is 5.32 Å². The highest BCUT2D eigenvalue weighted by Gasteiger charge is 2.20. The summed E-state index contributed by atoms with van der Waals surface area (Å²) in [5, 5.41) is 3.56. The number of hydrogen-bond donors (Lipinski definition) is 1. The smallest absolute Gasteiger partial charge is 0.129 e. The predicted molar refractivity (Wildman–Crippen MR) is 79.4 cm³/mol. The molecular formula is C16H27N3. The van der Waals surface area contributed by atoms with Crippen LogP contribution in [-0.2, 0) is 12.8 Å². The average Bonchev–Trinajstić information content (AvgIpc) is 3.03. The minimum Gasteiger partial charge on any atom is -0.314 e. The van der Waals surface area contributed by atoms with E-state index in [-0.39, 0.29) is 5.41 Å². The van der Waals surface area contributed by atoms with Crippen LogP contribution in [-0.4, -0.2) is 22.6 Å². The normalized spacial score (nSPS) is 15.8. The van der Waals surface area contributed by atoms with Gasteiger partial charge >= 0.3 is 0 Å². The zero-order valence-electron chi connectivity index (χ0n) is 13.0. The number of aromatic nitrogens is 2. The maximum atomic E-state index is 4.69. The van der Waals surface area contributed by atoms with E-state index < -0.39 is 0 Å². The molecular weight excluding hydrogens is 234 g/mol. The second-order valence-corrected chi connectivity index (χ2v) is 7.01. The fraction of sp³-hybridized carbons (Fsp3) is 0.750. The zero-order chi connectivity index (χ0) is 14.0. The number of nitrogens with one attached hydrogen (secondary N) is 1. The van der Waals surface area contributed by atoms with E-state index in [0.717, 1.165) is 42.6 Å². The third kappa shape index (κ3) is 4.57. The molecule has 19 heavy (non-hydrogen) atoms. The zero-order valence-corrected chi connectivity index (χ0v) is 13.0. The molecule has 106 valence electrons. The van der Waals surface area contributed by atoms with Gasteiger partial charge in [-0.1, -0.05) is 20.8 Å². The molecule has 2 rings (SSSR count). The molecule has 0 aromatic carbocycles. The van der Waals surface area contributed by atoms with Crippen LogP contribution < -0.4 is 5.32 Å². The van der Waals surface area contributed by atoms with Gasteiger partial charge in [0.1, 0.15) is 5.82 Å². The molecule has 1 aliphatic rings. The van der Waals surface area contributed by atoms with Crippen molar-refractivity contribution in [3.8, 4) is 0 Å². The Balaban J connectivity index is 2.02. The summed E-state index contributed by atoms with van der Waals surface area (Å²) in [6, 6.07) is 0.779. The van der Waals surface area contributed by atoms with E-state index >= 15 is 0 Å². The lowest BCUT2D eigenvalue weighted by Crippen LogP contribution is -2.21. The standard InChI is InChI=1S/C16H27N3/c1-11-14(8-9-17-13-6-7-13)12(2)19-15(18-11)10-16(3,4)5/h13,17H,6-10H2,1-5H3. The van der Waals surface area contributed by atoms with Gasteiger partial charge in [-0.25, -0.2) is 9.97 Å². The van der Waals surface area contributed by atoms with Gasteiger partial charge in [-0.2, -0.15) is 0 Å².